The van der Waals surface area contributed by atoms with E-state index in [0.29, 0.717) is 0 Å². The summed E-state index contributed by atoms with van der Waals surface area (Å²) in [4.78, 5) is 0. The van der Waals surface area contributed by atoms with Crippen molar-refractivity contribution in [3.8, 4) is 6.07 Å². The summed E-state index contributed by atoms with van der Waals surface area (Å²) in [6.45, 7) is 17.0. The number of aliphatic hydroxyl groups excluding tert-OH is 1. The van der Waals surface area contributed by atoms with Gasteiger partial charge in [-0.05, 0) is 38.2 Å². The van der Waals surface area contributed by atoms with E-state index in [1.54, 1.807) is 0 Å². The molecule has 1 fully saturated rings. The Labute approximate surface area is 143 Å². The van der Waals surface area contributed by atoms with Crippen molar-refractivity contribution in [2.75, 3.05) is 6.61 Å². The first kappa shape index (κ1) is 20.8. The average molecular weight is 360 g/mol. The van der Waals surface area contributed by atoms with E-state index in [9.17, 15) is 10.4 Å². The second kappa shape index (κ2) is 7.76. The maximum atomic E-state index is 10.9. The lowest BCUT2D eigenvalue weighted by molar-refractivity contribution is -0.191. The van der Waals surface area contributed by atoms with E-state index in [2.05, 4.69) is 59.6 Å². The summed E-state index contributed by atoms with van der Waals surface area (Å²) in [5.41, 5.74) is -0.161. The lowest BCUT2D eigenvalue weighted by Crippen LogP contribution is -2.60. The van der Waals surface area contributed by atoms with Gasteiger partial charge in [-0.3, -0.25) is 0 Å². The standard InChI is InChI=1S/C16H33NO4Si2/c1-16(2,3)15(20-22(4)5)14-12(18)13(21-23(6,7)8)11(9-17)10-19-14/h11-15,18,22H,10H2,1-8H3. The summed E-state index contributed by atoms with van der Waals surface area (Å²) in [7, 11) is -3.19. The number of rotatable bonds is 5. The van der Waals surface area contributed by atoms with Crippen molar-refractivity contribution < 1.29 is 18.7 Å². The molecule has 1 aliphatic heterocycles. The van der Waals surface area contributed by atoms with Gasteiger partial charge in [0.25, 0.3) is 0 Å². The monoisotopic (exact) mass is 359 g/mol. The highest BCUT2D eigenvalue weighted by molar-refractivity contribution is 6.69. The second-order valence-corrected chi connectivity index (χ2v) is 15.5. The van der Waals surface area contributed by atoms with Crippen molar-refractivity contribution in [1.82, 2.24) is 0 Å². The summed E-state index contributed by atoms with van der Waals surface area (Å²) in [5, 5.41) is 20.3. The van der Waals surface area contributed by atoms with Crippen molar-refractivity contribution in [2.24, 2.45) is 11.3 Å². The fraction of sp³-hybridized carbons (Fsp3) is 0.938. The van der Waals surface area contributed by atoms with Gasteiger partial charge in [0.15, 0.2) is 17.4 Å². The molecule has 0 spiro atoms. The highest BCUT2D eigenvalue weighted by Gasteiger charge is 2.48. The molecule has 0 aromatic heterocycles. The minimum Gasteiger partial charge on any atom is -0.414 e. The summed E-state index contributed by atoms with van der Waals surface area (Å²) in [5.74, 6) is -0.440. The minimum atomic E-state index is -1.89. The first-order chi connectivity index (χ1) is 10.4. The van der Waals surface area contributed by atoms with Crippen LogP contribution in [-0.2, 0) is 13.6 Å². The van der Waals surface area contributed by atoms with Crippen LogP contribution in [0.25, 0.3) is 0 Å². The number of hydrogen-bond donors (Lipinski definition) is 1. The molecule has 0 saturated carbocycles. The van der Waals surface area contributed by atoms with Gasteiger partial charge in [0.1, 0.15) is 12.2 Å². The first-order valence-corrected chi connectivity index (χ1v) is 14.6. The Balaban J connectivity index is 3.05. The summed E-state index contributed by atoms with van der Waals surface area (Å²) in [6.07, 6.45) is -2.03. The lowest BCUT2D eigenvalue weighted by atomic mass is 9.80. The predicted octanol–water partition coefficient (Wildman–Crippen LogP) is 2.52. The van der Waals surface area contributed by atoms with Crippen molar-refractivity contribution >= 4 is 17.4 Å². The largest absolute Gasteiger partial charge is 0.414 e. The summed E-state index contributed by atoms with van der Waals surface area (Å²) >= 11 is 0. The Morgan fingerprint density at radius 3 is 2.26 bits per heavy atom. The van der Waals surface area contributed by atoms with E-state index in [0.717, 1.165) is 0 Å². The molecule has 1 aliphatic rings. The molecule has 1 rings (SSSR count). The van der Waals surface area contributed by atoms with Gasteiger partial charge in [-0.15, -0.1) is 0 Å². The molecule has 0 amide bonds. The van der Waals surface area contributed by atoms with Gasteiger partial charge < -0.3 is 18.7 Å². The number of hydrogen-bond acceptors (Lipinski definition) is 5. The number of ether oxygens (including phenoxy) is 1. The van der Waals surface area contributed by atoms with Gasteiger partial charge in [-0.25, -0.2) is 0 Å². The van der Waals surface area contributed by atoms with Crippen LogP contribution in [0.2, 0.25) is 32.7 Å². The van der Waals surface area contributed by atoms with Gasteiger partial charge in [0.2, 0.25) is 0 Å². The van der Waals surface area contributed by atoms with Crippen LogP contribution in [-0.4, -0.2) is 53.5 Å². The Morgan fingerprint density at radius 2 is 1.87 bits per heavy atom. The Bertz CT molecular complexity index is 425. The Morgan fingerprint density at radius 1 is 1.30 bits per heavy atom. The molecule has 7 heteroatoms. The van der Waals surface area contributed by atoms with Gasteiger partial charge in [0, 0.05) is 0 Å². The number of nitrogens with zero attached hydrogens (tertiary/aromatic N) is 1. The minimum absolute atomic E-state index is 0.161. The van der Waals surface area contributed by atoms with E-state index in [1.807, 2.05) is 0 Å². The number of aliphatic hydroxyl groups is 1. The molecule has 1 N–H and O–H groups in total. The van der Waals surface area contributed by atoms with Crippen LogP contribution in [0.15, 0.2) is 0 Å². The van der Waals surface area contributed by atoms with E-state index in [4.69, 9.17) is 13.6 Å². The van der Waals surface area contributed by atoms with Crippen LogP contribution in [0, 0.1) is 22.7 Å². The maximum Gasteiger partial charge on any atom is 0.184 e. The molecule has 134 valence electrons. The van der Waals surface area contributed by atoms with Crippen LogP contribution in [0.5, 0.6) is 0 Å². The van der Waals surface area contributed by atoms with Crippen LogP contribution in [0.4, 0.5) is 0 Å². The molecule has 23 heavy (non-hydrogen) atoms. The van der Waals surface area contributed by atoms with Gasteiger partial charge >= 0.3 is 0 Å². The first-order valence-electron chi connectivity index (χ1n) is 8.39. The van der Waals surface area contributed by atoms with E-state index in [1.165, 1.54) is 0 Å². The third kappa shape index (κ3) is 5.96. The Hall–Kier alpha value is -0.236. The van der Waals surface area contributed by atoms with Crippen molar-refractivity contribution in [2.45, 2.75) is 77.9 Å². The molecule has 1 heterocycles. The molecule has 0 radical (unpaired) electrons. The van der Waals surface area contributed by atoms with E-state index in [-0.39, 0.29) is 18.1 Å². The summed E-state index contributed by atoms with van der Waals surface area (Å²) < 4.78 is 18.2. The van der Waals surface area contributed by atoms with Gasteiger partial charge in [-0.2, -0.15) is 5.26 Å². The quantitative estimate of drug-likeness (QED) is 0.764. The third-order valence-corrected chi connectivity index (χ3v) is 5.58. The van der Waals surface area contributed by atoms with E-state index < -0.39 is 41.6 Å². The molecule has 5 atom stereocenters. The lowest BCUT2D eigenvalue weighted by Gasteiger charge is -2.46. The topological polar surface area (TPSA) is 71.7 Å². The van der Waals surface area contributed by atoms with Crippen molar-refractivity contribution in [1.29, 1.82) is 5.26 Å². The fourth-order valence-electron chi connectivity index (χ4n) is 2.84. The van der Waals surface area contributed by atoms with Crippen LogP contribution >= 0.6 is 0 Å². The van der Waals surface area contributed by atoms with Crippen molar-refractivity contribution in [3.63, 3.8) is 0 Å². The second-order valence-electron chi connectivity index (χ2n) is 8.69. The van der Waals surface area contributed by atoms with Gasteiger partial charge in [0.05, 0.1) is 30.8 Å². The van der Waals surface area contributed by atoms with Crippen LogP contribution in [0.3, 0.4) is 0 Å². The molecule has 5 nitrogen and oxygen atoms in total. The molecular formula is C16H33NO4Si2. The summed E-state index contributed by atoms with van der Waals surface area (Å²) in [6, 6.07) is 2.23. The predicted molar refractivity (Wildman–Crippen MR) is 96.3 cm³/mol. The maximum absolute atomic E-state index is 10.9. The zero-order chi connectivity index (χ0) is 18.0. The molecule has 1 saturated heterocycles. The Kier molecular flexibility index (Phi) is 7.02. The highest BCUT2D eigenvalue weighted by atomic mass is 28.4. The number of nitriles is 1. The molecule has 0 aliphatic carbocycles. The average Bonchev–Trinajstić information content (AvgIpc) is 2.36. The molecule has 0 bridgehead atoms. The van der Waals surface area contributed by atoms with Crippen LogP contribution < -0.4 is 0 Å². The normalized spacial score (nSPS) is 31.0. The molecule has 0 aromatic carbocycles. The van der Waals surface area contributed by atoms with E-state index >= 15 is 0 Å². The van der Waals surface area contributed by atoms with Crippen molar-refractivity contribution in [3.05, 3.63) is 0 Å². The highest BCUT2D eigenvalue weighted by Crippen LogP contribution is 2.34. The third-order valence-electron chi connectivity index (χ3n) is 3.76. The SMILES string of the molecule is C[SiH](C)OC(C1OCC(C#N)C(O[Si](C)(C)C)C1O)C(C)(C)C. The van der Waals surface area contributed by atoms with Gasteiger partial charge in [-0.1, -0.05) is 20.8 Å². The molecule has 5 unspecified atom stereocenters. The molecular weight excluding hydrogens is 326 g/mol. The fourth-order valence-corrected chi connectivity index (χ4v) is 5.11. The zero-order valence-corrected chi connectivity index (χ0v) is 17.9. The van der Waals surface area contributed by atoms with Crippen LogP contribution in [0.1, 0.15) is 20.8 Å². The molecule has 0 aromatic rings. The smallest absolute Gasteiger partial charge is 0.184 e. The zero-order valence-electron chi connectivity index (χ0n) is 15.8.